The molecule has 1 N–H and O–H groups in total. The summed E-state index contributed by atoms with van der Waals surface area (Å²) in [7, 11) is 0. The van der Waals surface area contributed by atoms with Crippen LogP contribution in [-0.2, 0) is 11.2 Å². The molecule has 0 aliphatic heterocycles. The monoisotopic (exact) mass is 205 g/mol. The third-order valence-corrected chi connectivity index (χ3v) is 2.21. The molecule has 2 aromatic rings. The lowest BCUT2D eigenvalue weighted by molar-refractivity contribution is -0.136. The normalized spacial score (nSPS) is 10.7. The summed E-state index contributed by atoms with van der Waals surface area (Å²) in [5, 5.41) is 16.5. The van der Waals surface area contributed by atoms with Crippen molar-refractivity contribution in [2.75, 3.05) is 0 Å². The largest absolute Gasteiger partial charge is 0.481 e. The van der Waals surface area contributed by atoms with E-state index in [1.54, 1.807) is 4.52 Å². The zero-order chi connectivity index (χ0) is 10.8. The number of carboxylic acid groups (broad SMARTS) is 1. The molecule has 2 aromatic heterocycles. The van der Waals surface area contributed by atoms with Crippen LogP contribution < -0.4 is 0 Å². The zero-order valence-corrected chi connectivity index (χ0v) is 8.34. The first-order chi connectivity index (χ1) is 7.16. The number of hydrogen-bond donors (Lipinski definition) is 1. The molecule has 5 nitrogen and oxygen atoms in total. The third kappa shape index (κ3) is 1.96. The molecule has 0 atom stereocenters. The van der Waals surface area contributed by atoms with Crippen LogP contribution in [0, 0.1) is 6.92 Å². The molecule has 0 radical (unpaired) electrons. The Balaban J connectivity index is 2.32. The number of carbonyl (C=O) groups is 1. The summed E-state index contributed by atoms with van der Waals surface area (Å²) in [5.74, 6) is -0.816. The molecule has 0 spiro atoms. The van der Waals surface area contributed by atoms with Crippen molar-refractivity contribution in [1.82, 2.24) is 14.8 Å². The molecule has 15 heavy (non-hydrogen) atoms. The van der Waals surface area contributed by atoms with Gasteiger partial charge < -0.3 is 5.11 Å². The molecule has 0 bridgehead atoms. The van der Waals surface area contributed by atoms with Gasteiger partial charge in [0, 0.05) is 12.6 Å². The van der Waals surface area contributed by atoms with Crippen molar-refractivity contribution >= 4 is 11.5 Å². The molecule has 2 heterocycles. The Morgan fingerprint density at radius 3 is 3.07 bits per heavy atom. The summed E-state index contributed by atoms with van der Waals surface area (Å²) in [5.41, 5.74) is 2.71. The van der Waals surface area contributed by atoms with Crippen LogP contribution in [0.1, 0.15) is 17.7 Å². The van der Waals surface area contributed by atoms with Gasteiger partial charge >= 0.3 is 5.97 Å². The summed E-state index contributed by atoms with van der Waals surface area (Å²) in [6, 6.07) is 3.87. The maximum Gasteiger partial charge on any atom is 0.303 e. The van der Waals surface area contributed by atoms with Gasteiger partial charge in [0.05, 0.1) is 17.6 Å². The van der Waals surface area contributed by atoms with Crippen LogP contribution >= 0.6 is 0 Å². The van der Waals surface area contributed by atoms with Gasteiger partial charge in [-0.25, -0.2) is 4.52 Å². The highest BCUT2D eigenvalue weighted by atomic mass is 16.4. The first-order valence-electron chi connectivity index (χ1n) is 4.69. The molecule has 2 rings (SSSR count). The van der Waals surface area contributed by atoms with Crippen LogP contribution in [-0.4, -0.2) is 25.9 Å². The standard InChI is InChI=1S/C10H11N3O2/c1-7-2-4-9-8(3-5-10(14)15)11-12-13(9)6-7/h2,4,6H,3,5H2,1H3,(H,14,15). The van der Waals surface area contributed by atoms with Gasteiger partial charge in [0.2, 0.25) is 0 Å². The predicted octanol–water partition coefficient (Wildman–Crippen LogP) is 1.05. The minimum absolute atomic E-state index is 0.0855. The predicted molar refractivity (Wildman–Crippen MR) is 53.7 cm³/mol. The van der Waals surface area contributed by atoms with Crippen LogP contribution in [0.25, 0.3) is 5.52 Å². The number of hydrogen-bond acceptors (Lipinski definition) is 3. The van der Waals surface area contributed by atoms with Crippen molar-refractivity contribution in [1.29, 1.82) is 0 Å². The molecular weight excluding hydrogens is 194 g/mol. The Kier molecular flexibility index (Phi) is 2.37. The van der Waals surface area contributed by atoms with E-state index in [1.165, 1.54) is 0 Å². The smallest absolute Gasteiger partial charge is 0.303 e. The second kappa shape index (κ2) is 3.68. The number of fused-ring (bicyclic) bond motifs is 1. The van der Waals surface area contributed by atoms with Crippen LogP contribution in [0.3, 0.4) is 0 Å². The van der Waals surface area contributed by atoms with Gasteiger partial charge in [-0.05, 0) is 18.6 Å². The Labute approximate surface area is 86.3 Å². The molecule has 0 aromatic carbocycles. The van der Waals surface area contributed by atoms with Crippen molar-refractivity contribution in [2.24, 2.45) is 0 Å². The van der Waals surface area contributed by atoms with Crippen molar-refractivity contribution in [2.45, 2.75) is 19.8 Å². The van der Waals surface area contributed by atoms with Gasteiger partial charge in [0.25, 0.3) is 0 Å². The van der Waals surface area contributed by atoms with E-state index in [1.807, 2.05) is 25.3 Å². The maximum absolute atomic E-state index is 10.4. The van der Waals surface area contributed by atoms with Crippen molar-refractivity contribution in [3.05, 3.63) is 29.6 Å². The molecule has 5 heteroatoms. The quantitative estimate of drug-likeness (QED) is 0.813. The number of rotatable bonds is 3. The van der Waals surface area contributed by atoms with Crippen molar-refractivity contribution in [3.8, 4) is 0 Å². The average Bonchev–Trinajstić information content (AvgIpc) is 2.57. The SMILES string of the molecule is Cc1ccc2c(CCC(=O)O)nnn2c1. The van der Waals surface area contributed by atoms with Crippen LogP contribution in [0.5, 0.6) is 0 Å². The highest BCUT2D eigenvalue weighted by Crippen LogP contribution is 2.10. The van der Waals surface area contributed by atoms with Crippen LogP contribution in [0.4, 0.5) is 0 Å². The molecule has 0 aliphatic carbocycles. The van der Waals surface area contributed by atoms with Gasteiger partial charge in [0.1, 0.15) is 0 Å². The number of carboxylic acids is 1. The Bertz CT molecular complexity index is 504. The van der Waals surface area contributed by atoms with Gasteiger partial charge in [-0.2, -0.15) is 0 Å². The van der Waals surface area contributed by atoms with Gasteiger partial charge in [-0.3, -0.25) is 4.79 Å². The van der Waals surface area contributed by atoms with Crippen molar-refractivity contribution in [3.63, 3.8) is 0 Å². The number of nitrogens with zero attached hydrogens (tertiary/aromatic N) is 3. The lowest BCUT2D eigenvalue weighted by Gasteiger charge is -1.96. The van der Waals surface area contributed by atoms with Crippen molar-refractivity contribution < 1.29 is 9.90 Å². The van der Waals surface area contributed by atoms with E-state index in [0.29, 0.717) is 6.42 Å². The lowest BCUT2D eigenvalue weighted by Crippen LogP contribution is -1.98. The molecule has 78 valence electrons. The number of aliphatic carboxylic acids is 1. The van der Waals surface area contributed by atoms with E-state index in [4.69, 9.17) is 5.11 Å². The van der Waals surface area contributed by atoms with E-state index < -0.39 is 5.97 Å². The van der Waals surface area contributed by atoms with Crippen LogP contribution in [0.2, 0.25) is 0 Å². The Morgan fingerprint density at radius 1 is 1.53 bits per heavy atom. The fourth-order valence-electron chi connectivity index (χ4n) is 1.45. The number of pyridine rings is 1. The minimum Gasteiger partial charge on any atom is -0.481 e. The second-order valence-corrected chi connectivity index (χ2v) is 3.47. The fraction of sp³-hybridized carbons (Fsp3) is 0.300. The summed E-state index contributed by atoms with van der Waals surface area (Å²) in [6.45, 7) is 1.97. The Morgan fingerprint density at radius 2 is 2.33 bits per heavy atom. The molecule has 0 unspecified atom stereocenters. The summed E-state index contributed by atoms with van der Waals surface area (Å²) in [4.78, 5) is 10.4. The number of aromatic nitrogens is 3. The van der Waals surface area contributed by atoms with Gasteiger partial charge in [-0.1, -0.05) is 11.3 Å². The molecule has 0 fully saturated rings. The van der Waals surface area contributed by atoms with E-state index >= 15 is 0 Å². The third-order valence-electron chi connectivity index (χ3n) is 2.21. The molecular formula is C10H11N3O2. The lowest BCUT2D eigenvalue weighted by atomic mass is 10.2. The fourth-order valence-corrected chi connectivity index (χ4v) is 1.45. The Hall–Kier alpha value is -1.91. The molecule has 0 saturated heterocycles. The first-order valence-corrected chi connectivity index (χ1v) is 4.69. The maximum atomic E-state index is 10.4. The molecule has 0 aliphatic rings. The second-order valence-electron chi connectivity index (χ2n) is 3.47. The average molecular weight is 205 g/mol. The summed E-state index contributed by atoms with van der Waals surface area (Å²) in [6.07, 6.45) is 2.37. The highest BCUT2D eigenvalue weighted by Gasteiger charge is 2.07. The van der Waals surface area contributed by atoms with E-state index in [0.717, 1.165) is 16.8 Å². The van der Waals surface area contributed by atoms with E-state index in [-0.39, 0.29) is 6.42 Å². The molecule has 0 saturated carbocycles. The highest BCUT2D eigenvalue weighted by molar-refractivity contribution is 5.67. The van der Waals surface area contributed by atoms with Gasteiger partial charge in [-0.15, -0.1) is 5.10 Å². The topological polar surface area (TPSA) is 67.5 Å². The summed E-state index contributed by atoms with van der Waals surface area (Å²) >= 11 is 0. The van der Waals surface area contributed by atoms with E-state index in [2.05, 4.69) is 10.3 Å². The minimum atomic E-state index is -0.816. The van der Waals surface area contributed by atoms with Gasteiger partial charge in [0.15, 0.2) is 0 Å². The van der Waals surface area contributed by atoms with E-state index in [9.17, 15) is 4.79 Å². The molecule has 0 amide bonds. The zero-order valence-electron chi connectivity index (χ0n) is 8.34. The first kappa shape index (κ1) is 9.64. The summed E-state index contributed by atoms with van der Waals surface area (Å²) < 4.78 is 1.67. The van der Waals surface area contributed by atoms with Crippen LogP contribution in [0.15, 0.2) is 18.3 Å². The number of aryl methyl sites for hydroxylation is 2.